The van der Waals surface area contributed by atoms with Crippen LogP contribution in [0.4, 0.5) is 5.82 Å². The predicted octanol–water partition coefficient (Wildman–Crippen LogP) is 5.16. The maximum Gasteiger partial charge on any atom is 0.128 e. The summed E-state index contributed by atoms with van der Waals surface area (Å²) in [4.78, 5) is 4.58. The minimum absolute atomic E-state index is 0.649. The molecule has 0 bridgehead atoms. The highest BCUT2D eigenvalue weighted by Crippen LogP contribution is 2.28. The van der Waals surface area contributed by atoms with Gasteiger partial charge in [0.1, 0.15) is 11.6 Å². The van der Waals surface area contributed by atoms with Gasteiger partial charge in [0.2, 0.25) is 0 Å². The van der Waals surface area contributed by atoms with Crippen LogP contribution < -0.4 is 10.1 Å². The molecule has 0 unspecified atom stereocenters. The van der Waals surface area contributed by atoms with Crippen molar-refractivity contribution in [3.8, 4) is 5.75 Å². The van der Waals surface area contributed by atoms with E-state index < -0.39 is 0 Å². The SMILES string of the molecule is COc1ccc2c(Cl)cc(NCc3ccc(Cl)cc3)nc2c1. The third-order valence-corrected chi connectivity index (χ3v) is 3.92. The molecule has 3 rings (SSSR count). The summed E-state index contributed by atoms with van der Waals surface area (Å²) in [5.74, 6) is 1.48. The van der Waals surface area contributed by atoms with Gasteiger partial charge in [-0.1, -0.05) is 35.3 Å². The van der Waals surface area contributed by atoms with Gasteiger partial charge in [0.25, 0.3) is 0 Å². The second-order valence-electron chi connectivity index (χ2n) is 4.85. The molecular weight excluding hydrogens is 319 g/mol. The van der Waals surface area contributed by atoms with E-state index in [1.165, 1.54) is 0 Å². The lowest BCUT2D eigenvalue weighted by Crippen LogP contribution is -2.01. The number of nitrogens with one attached hydrogen (secondary N) is 1. The molecule has 0 fully saturated rings. The van der Waals surface area contributed by atoms with Crippen LogP contribution in [0.1, 0.15) is 5.56 Å². The maximum absolute atomic E-state index is 6.32. The first-order valence-corrected chi connectivity index (χ1v) is 7.54. The first kappa shape index (κ1) is 14.9. The highest BCUT2D eigenvalue weighted by molar-refractivity contribution is 6.35. The molecule has 2 aromatic carbocycles. The fourth-order valence-corrected chi connectivity index (χ4v) is 2.57. The second kappa shape index (κ2) is 6.42. The lowest BCUT2D eigenvalue weighted by molar-refractivity contribution is 0.415. The Labute approximate surface area is 138 Å². The molecule has 1 heterocycles. The summed E-state index contributed by atoms with van der Waals surface area (Å²) in [7, 11) is 1.63. The van der Waals surface area contributed by atoms with E-state index in [1.54, 1.807) is 7.11 Å². The number of ether oxygens (including phenoxy) is 1. The van der Waals surface area contributed by atoms with E-state index in [4.69, 9.17) is 27.9 Å². The summed E-state index contributed by atoms with van der Waals surface area (Å²) in [5, 5.41) is 5.56. The minimum Gasteiger partial charge on any atom is -0.497 e. The summed E-state index contributed by atoms with van der Waals surface area (Å²) < 4.78 is 5.23. The normalized spacial score (nSPS) is 10.7. The average molecular weight is 333 g/mol. The molecule has 0 amide bonds. The van der Waals surface area contributed by atoms with Crippen LogP contribution in [0.3, 0.4) is 0 Å². The lowest BCUT2D eigenvalue weighted by Gasteiger charge is -2.09. The molecule has 0 radical (unpaired) electrons. The Kier molecular flexibility index (Phi) is 4.36. The molecule has 0 saturated heterocycles. The molecule has 22 heavy (non-hydrogen) atoms. The van der Waals surface area contributed by atoms with Crippen LogP contribution in [-0.2, 0) is 6.54 Å². The number of pyridine rings is 1. The van der Waals surface area contributed by atoms with Crippen LogP contribution in [-0.4, -0.2) is 12.1 Å². The standard InChI is InChI=1S/C17H14Cl2N2O/c1-22-13-6-7-14-15(19)9-17(21-16(14)8-13)20-10-11-2-4-12(18)5-3-11/h2-9H,10H2,1H3,(H,20,21). The molecule has 0 aliphatic rings. The van der Waals surface area contributed by atoms with Crippen LogP contribution in [0.5, 0.6) is 5.75 Å². The van der Waals surface area contributed by atoms with Gasteiger partial charge in [0.15, 0.2) is 0 Å². The van der Waals surface area contributed by atoms with E-state index in [0.717, 1.165) is 33.1 Å². The Morgan fingerprint density at radius 2 is 1.82 bits per heavy atom. The molecule has 0 aliphatic carbocycles. The number of rotatable bonds is 4. The molecule has 112 valence electrons. The van der Waals surface area contributed by atoms with E-state index in [1.807, 2.05) is 48.5 Å². The van der Waals surface area contributed by atoms with Crippen molar-refractivity contribution >= 4 is 39.9 Å². The van der Waals surface area contributed by atoms with Gasteiger partial charge in [-0.25, -0.2) is 4.98 Å². The Morgan fingerprint density at radius 3 is 2.55 bits per heavy atom. The number of hydrogen-bond acceptors (Lipinski definition) is 3. The van der Waals surface area contributed by atoms with E-state index in [0.29, 0.717) is 11.6 Å². The van der Waals surface area contributed by atoms with Crippen LogP contribution >= 0.6 is 23.2 Å². The highest BCUT2D eigenvalue weighted by Gasteiger charge is 2.06. The molecule has 1 N–H and O–H groups in total. The molecule has 3 nitrogen and oxygen atoms in total. The Morgan fingerprint density at radius 1 is 1.05 bits per heavy atom. The third-order valence-electron chi connectivity index (χ3n) is 3.35. The van der Waals surface area contributed by atoms with Gasteiger partial charge in [0.05, 0.1) is 17.6 Å². The van der Waals surface area contributed by atoms with Crippen molar-refractivity contribution < 1.29 is 4.74 Å². The lowest BCUT2D eigenvalue weighted by atomic mass is 10.2. The maximum atomic E-state index is 6.32. The quantitative estimate of drug-likeness (QED) is 0.716. The Bertz CT molecular complexity index is 804. The zero-order valence-electron chi connectivity index (χ0n) is 11.9. The minimum atomic E-state index is 0.649. The fourth-order valence-electron chi connectivity index (χ4n) is 2.18. The van der Waals surface area contributed by atoms with Gasteiger partial charge in [-0.2, -0.15) is 0 Å². The topological polar surface area (TPSA) is 34.1 Å². The van der Waals surface area contributed by atoms with Gasteiger partial charge in [0, 0.05) is 23.0 Å². The smallest absolute Gasteiger partial charge is 0.128 e. The van der Waals surface area contributed by atoms with Crippen molar-refractivity contribution in [2.75, 3.05) is 12.4 Å². The second-order valence-corrected chi connectivity index (χ2v) is 5.70. The number of nitrogens with zero attached hydrogens (tertiary/aromatic N) is 1. The zero-order chi connectivity index (χ0) is 15.5. The summed E-state index contributed by atoms with van der Waals surface area (Å²) in [5.41, 5.74) is 1.92. The number of methoxy groups -OCH3 is 1. The van der Waals surface area contributed by atoms with E-state index in [9.17, 15) is 0 Å². The number of halogens is 2. The van der Waals surface area contributed by atoms with Gasteiger partial charge in [-0.15, -0.1) is 0 Å². The Balaban J connectivity index is 1.85. The van der Waals surface area contributed by atoms with Gasteiger partial charge in [-0.05, 0) is 35.9 Å². The average Bonchev–Trinajstić information content (AvgIpc) is 2.54. The van der Waals surface area contributed by atoms with Gasteiger partial charge >= 0.3 is 0 Å². The first-order valence-electron chi connectivity index (χ1n) is 6.78. The monoisotopic (exact) mass is 332 g/mol. The number of hydrogen-bond donors (Lipinski definition) is 1. The number of aromatic nitrogens is 1. The molecule has 0 atom stereocenters. The number of fused-ring (bicyclic) bond motifs is 1. The summed E-state index contributed by atoms with van der Waals surface area (Å²) in [6, 6.07) is 15.2. The summed E-state index contributed by atoms with van der Waals surface area (Å²) >= 11 is 12.2. The van der Waals surface area contributed by atoms with Crippen molar-refractivity contribution in [1.29, 1.82) is 0 Å². The van der Waals surface area contributed by atoms with Gasteiger partial charge in [-0.3, -0.25) is 0 Å². The van der Waals surface area contributed by atoms with Crippen molar-refractivity contribution in [2.24, 2.45) is 0 Å². The molecule has 0 aliphatic heterocycles. The van der Waals surface area contributed by atoms with E-state index >= 15 is 0 Å². The van der Waals surface area contributed by atoms with Gasteiger partial charge < -0.3 is 10.1 Å². The summed E-state index contributed by atoms with van der Waals surface area (Å²) in [6.45, 7) is 0.649. The first-order chi connectivity index (χ1) is 10.7. The zero-order valence-corrected chi connectivity index (χ0v) is 13.4. The van der Waals surface area contributed by atoms with E-state index in [2.05, 4.69) is 10.3 Å². The van der Waals surface area contributed by atoms with Crippen molar-refractivity contribution in [3.05, 3.63) is 64.1 Å². The van der Waals surface area contributed by atoms with Crippen molar-refractivity contribution in [1.82, 2.24) is 4.98 Å². The Hall–Kier alpha value is -1.97. The fraction of sp³-hybridized carbons (Fsp3) is 0.118. The van der Waals surface area contributed by atoms with Crippen LogP contribution in [0.2, 0.25) is 10.0 Å². The molecule has 3 aromatic rings. The molecular formula is C17H14Cl2N2O. The summed E-state index contributed by atoms with van der Waals surface area (Å²) in [6.07, 6.45) is 0. The number of anilines is 1. The third kappa shape index (κ3) is 3.26. The van der Waals surface area contributed by atoms with Crippen LogP contribution in [0, 0.1) is 0 Å². The molecule has 0 spiro atoms. The van der Waals surface area contributed by atoms with Crippen molar-refractivity contribution in [3.63, 3.8) is 0 Å². The van der Waals surface area contributed by atoms with Crippen LogP contribution in [0.15, 0.2) is 48.5 Å². The molecule has 0 saturated carbocycles. The molecule has 5 heteroatoms. The highest BCUT2D eigenvalue weighted by atomic mass is 35.5. The largest absolute Gasteiger partial charge is 0.497 e. The molecule has 1 aromatic heterocycles. The number of benzene rings is 2. The van der Waals surface area contributed by atoms with E-state index in [-0.39, 0.29) is 0 Å². The predicted molar refractivity (Wildman–Crippen MR) is 92.1 cm³/mol. The van der Waals surface area contributed by atoms with Crippen molar-refractivity contribution in [2.45, 2.75) is 6.54 Å². The van der Waals surface area contributed by atoms with Crippen LogP contribution in [0.25, 0.3) is 10.9 Å².